The lowest BCUT2D eigenvalue weighted by Gasteiger charge is -2.06. The van der Waals surface area contributed by atoms with Gasteiger partial charge in [0.25, 0.3) is 5.91 Å². The van der Waals surface area contributed by atoms with Crippen molar-refractivity contribution >= 4 is 17.2 Å². The minimum Gasteiger partial charge on any atom is -0.395 e. The Morgan fingerprint density at radius 3 is 3.05 bits per heavy atom. The SMILES string of the molecule is O=C(NCc1cscn1)c1cc(F)ccc1C#CCCO. The monoisotopic (exact) mass is 304 g/mol. The number of carbonyl (C=O) groups is 1. The Labute approximate surface area is 125 Å². The molecule has 2 N–H and O–H groups in total. The van der Waals surface area contributed by atoms with Gasteiger partial charge in [-0.05, 0) is 18.2 Å². The fraction of sp³-hybridized carbons (Fsp3) is 0.200. The average molecular weight is 304 g/mol. The second-order valence-electron chi connectivity index (χ2n) is 4.13. The van der Waals surface area contributed by atoms with E-state index < -0.39 is 11.7 Å². The number of rotatable bonds is 4. The number of thiazole rings is 1. The molecule has 0 radical (unpaired) electrons. The standard InChI is InChI=1S/C15H13FN2O2S/c16-12-5-4-11(3-1-2-6-19)14(7-12)15(20)17-8-13-9-21-10-18-13/h4-5,7,9-10,19H,2,6,8H2,(H,17,20). The molecule has 0 bridgehead atoms. The maximum atomic E-state index is 13.3. The van der Waals surface area contributed by atoms with Gasteiger partial charge in [0.15, 0.2) is 0 Å². The van der Waals surface area contributed by atoms with Crippen LogP contribution in [0.5, 0.6) is 0 Å². The van der Waals surface area contributed by atoms with E-state index in [0.29, 0.717) is 12.0 Å². The highest BCUT2D eigenvalue weighted by molar-refractivity contribution is 7.07. The largest absolute Gasteiger partial charge is 0.395 e. The van der Waals surface area contributed by atoms with E-state index in [2.05, 4.69) is 22.1 Å². The van der Waals surface area contributed by atoms with E-state index in [1.807, 2.05) is 5.38 Å². The zero-order valence-corrected chi connectivity index (χ0v) is 11.9. The quantitative estimate of drug-likeness (QED) is 0.849. The van der Waals surface area contributed by atoms with E-state index >= 15 is 0 Å². The second-order valence-corrected chi connectivity index (χ2v) is 4.85. The van der Waals surface area contributed by atoms with Crippen LogP contribution in [0.25, 0.3) is 0 Å². The van der Waals surface area contributed by atoms with Crippen LogP contribution in [0.1, 0.15) is 28.0 Å². The normalized spacial score (nSPS) is 9.81. The molecule has 0 aliphatic heterocycles. The van der Waals surface area contributed by atoms with Crippen molar-refractivity contribution in [1.29, 1.82) is 0 Å². The third-order valence-electron chi connectivity index (χ3n) is 2.60. The molecule has 1 aromatic carbocycles. The number of aliphatic hydroxyl groups excluding tert-OH is 1. The average Bonchev–Trinajstić information content (AvgIpc) is 3.00. The first-order valence-electron chi connectivity index (χ1n) is 6.25. The molecule has 21 heavy (non-hydrogen) atoms. The van der Waals surface area contributed by atoms with E-state index in [1.54, 1.807) is 5.51 Å². The Morgan fingerprint density at radius 1 is 1.48 bits per heavy atom. The van der Waals surface area contributed by atoms with Crippen molar-refractivity contribution in [2.45, 2.75) is 13.0 Å². The van der Waals surface area contributed by atoms with E-state index in [9.17, 15) is 9.18 Å². The van der Waals surface area contributed by atoms with Crippen LogP contribution in [-0.2, 0) is 6.54 Å². The van der Waals surface area contributed by atoms with Gasteiger partial charge < -0.3 is 10.4 Å². The van der Waals surface area contributed by atoms with Gasteiger partial charge >= 0.3 is 0 Å². The molecule has 2 rings (SSSR count). The van der Waals surface area contributed by atoms with Crippen molar-refractivity contribution in [3.8, 4) is 11.8 Å². The molecule has 0 fully saturated rings. The van der Waals surface area contributed by atoms with Crippen LogP contribution in [0.15, 0.2) is 29.1 Å². The topological polar surface area (TPSA) is 62.2 Å². The minimum absolute atomic E-state index is 0.0560. The predicted molar refractivity (Wildman–Crippen MR) is 78.3 cm³/mol. The summed E-state index contributed by atoms with van der Waals surface area (Å²) in [7, 11) is 0. The summed E-state index contributed by atoms with van der Waals surface area (Å²) in [6, 6.07) is 3.86. The van der Waals surface area contributed by atoms with Crippen LogP contribution in [0.3, 0.4) is 0 Å². The van der Waals surface area contributed by atoms with Crippen LogP contribution in [-0.4, -0.2) is 22.6 Å². The Bertz CT molecular complexity index is 675. The lowest BCUT2D eigenvalue weighted by molar-refractivity contribution is 0.0950. The molecule has 0 saturated carbocycles. The van der Waals surface area contributed by atoms with Gasteiger partial charge in [-0.25, -0.2) is 9.37 Å². The first-order valence-corrected chi connectivity index (χ1v) is 7.19. The fourth-order valence-electron chi connectivity index (χ4n) is 1.62. The molecule has 0 atom stereocenters. The van der Waals surface area contributed by atoms with Crippen molar-refractivity contribution in [3.05, 3.63) is 51.7 Å². The van der Waals surface area contributed by atoms with Crippen molar-refractivity contribution in [1.82, 2.24) is 10.3 Å². The summed E-state index contributed by atoms with van der Waals surface area (Å²) < 4.78 is 13.3. The molecule has 108 valence electrons. The molecule has 1 heterocycles. The molecule has 0 spiro atoms. The number of aliphatic hydroxyl groups is 1. The lowest BCUT2D eigenvalue weighted by atomic mass is 10.1. The van der Waals surface area contributed by atoms with Crippen LogP contribution < -0.4 is 5.32 Å². The molecule has 0 aliphatic rings. The van der Waals surface area contributed by atoms with Gasteiger partial charge in [-0.2, -0.15) is 0 Å². The number of nitrogens with zero attached hydrogens (tertiary/aromatic N) is 1. The fourth-order valence-corrected chi connectivity index (χ4v) is 2.18. The number of hydrogen-bond donors (Lipinski definition) is 2. The Kier molecular flexibility index (Phi) is 5.43. The van der Waals surface area contributed by atoms with E-state index in [4.69, 9.17) is 5.11 Å². The molecule has 2 aromatic rings. The van der Waals surface area contributed by atoms with Gasteiger partial charge in [-0.15, -0.1) is 11.3 Å². The number of amides is 1. The van der Waals surface area contributed by atoms with Crippen molar-refractivity contribution < 1.29 is 14.3 Å². The van der Waals surface area contributed by atoms with Crippen LogP contribution in [0, 0.1) is 17.7 Å². The molecule has 0 saturated heterocycles. The first-order chi connectivity index (χ1) is 10.2. The number of hydrogen-bond acceptors (Lipinski definition) is 4. The molecular weight excluding hydrogens is 291 g/mol. The smallest absolute Gasteiger partial charge is 0.252 e. The summed E-state index contributed by atoms with van der Waals surface area (Å²) in [5, 5.41) is 13.2. The lowest BCUT2D eigenvalue weighted by Crippen LogP contribution is -2.24. The van der Waals surface area contributed by atoms with Crippen molar-refractivity contribution in [2.75, 3.05) is 6.61 Å². The predicted octanol–water partition coefficient (Wildman–Crippen LogP) is 1.95. The molecule has 0 aliphatic carbocycles. The van der Waals surface area contributed by atoms with E-state index in [-0.39, 0.29) is 18.7 Å². The maximum Gasteiger partial charge on any atom is 0.252 e. The number of carbonyl (C=O) groups excluding carboxylic acids is 1. The second kappa shape index (κ2) is 7.53. The van der Waals surface area contributed by atoms with E-state index in [1.165, 1.54) is 23.5 Å². The van der Waals surface area contributed by atoms with Crippen LogP contribution >= 0.6 is 11.3 Å². The summed E-state index contributed by atoms with van der Waals surface area (Å²) in [4.78, 5) is 16.2. The number of aromatic nitrogens is 1. The molecule has 1 amide bonds. The highest BCUT2D eigenvalue weighted by Crippen LogP contribution is 2.11. The summed E-state index contributed by atoms with van der Waals surface area (Å²) in [5.41, 5.74) is 3.03. The molecule has 6 heteroatoms. The van der Waals surface area contributed by atoms with Gasteiger partial charge in [-0.1, -0.05) is 11.8 Å². The first kappa shape index (κ1) is 15.2. The molecule has 4 nitrogen and oxygen atoms in total. The van der Waals surface area contributed by atoms with Crippen molar-refractivity contribution in [3.63, 3.8) is 0 Å². The minimum atomic E-state index is -0.499. The number of nitrogens with one attached hydrogen (secondary N) is 1. The Balaban J connectivity index is 2.15. The van der Waals surface area contributed by atoms with Crippen LogP contribution in [0.4, 0.5) is 4.39 Å². The number of benzene rings is 1. The third-order valence-corrected chi connectivity index (χ3v) is 3.23. The van der Waals surface area contributed by atoms with E-state index in [0.717, 1.165) is 11.8 Å². The zero-order chi connectivity index (χ0) is 15.1. The summed E-state index contributed by atoms with van der Waals surface area (Å²) in [6.07, 6.45) is 0.303. The Morgan fingerprint density at radius 2 is 2.33 bits per heavy atom. The van der Waals surface area contributed by atoms with Crippen molar-refractivity contribution in [2.24, 2.45) is 0 Å². The molecular formula is C15H13FN2O2S. The van der Waals surface area contributed by atoms with Gasteiger partial charge in [0, 0.05) is 17.4 Å². The highest BCUT2D eigenvalue weighted by atomic mass is 32.1. The van der Waals surface area contributed by atoms with Crippen LogP contribution in [0.2, 0.25) is 0 Å². The maximum absolute atomic E-state index is 13.3. The molecule has 0 unspecified atom stereocenters. The van der Waals surface area contributed by atoms with Gasteiger partial charge in [0.1, 0.15) is 5.82 Å². The molecule has 1 aromatic heterocycles. The van der Waals surface area contributed by atoms with Gasteiger partial charge in [-0.3, -0.25) is 4.79 Å². The van der Waals surface area contributed by atoms with Gasteiger partial charge in [0.2, 0.25) is 0 Å². The highest BCUT2D eigenvalue weighted by Gasteiger charge is 2.11. The Hall–Kier alpha value is -2.23. The van der Waals surface area contributed by atoms with Gasteiger partial charge in [0.05, 0.1) is 29.9 Å². The third kappa shape index (κ3) is 4.38. The summed E-state index contributed by atoms with van der Waals surface area (Å²) in [6.45, 7) is 0.224. The zero-order valence-electron chi connectivity index (χ0n) is 11.1. The number of halogens is 1. The summed E-state index contributed by atoms with van der Waals surface area (Å²) in [5.74, 6) is 4.58. The summed E-state index contributed by atoms with van der Waals surface area (Å²) >= 11 is 1.44.